The molecule has 0 fully saturated rings. The van der Waals surface area contributed by atoms with Crippen molar-refractivity contribution in [2.24, 2.45) is 0 Å². The van der Waals surface area contributed by atoms with Gasteiger partial charge in [-0.2, -0.15) is 5.10 Å². The highest BCUT2D eigenvalue weighted by atomic mass is 16.3. The average molecular weight is 339 g/mol. The predicted molar refractivity (Wildman–Crippen MR) is 98.6 cm³/mol. The lowest BCUT2D eigenvalue weighted by molar-refractivity contribution is 0.268. The van der Waals surface area contributed by atoms with Gasteiger partial charge in [0.05, 0.1) is 18.8 Å². The number of aryl methyl sites for hydroxylation is 2. The van der Waals surface area contributed by atoms with Crippen molar-refractivity contribution in [2.45, 2.75) is 40.4 Å². The van der Waals surface area contributed by atoms with Crippen LogP contribution >= 0.6 is 0 Å². The minimum Gasteiger partial charge on any atom is -0.394 e. The van der Waals surface area contributed by atoms with Crippen LogP contribution in [-0.2, 0) is 19.6 Å². The number of hydrogen-bond acceptors (Lipinski definition) is 4. The minimum atomic E-state index is 0.104. The van der Waals surface area contributed by atoms with Crippen LogP contribution in [0, 0.1) is 20.8 Å². The molecule has 0 bridgehead atoms. The van der Waals surface area contributed by atoms with Gasteiger partial charge in [-0.3, -0.25) is 4.68 Å². The van der Waals surface area contributed by atoms with E-state index in [1.807, 2.05) is 37.8 Å². The van der Waals surface area contributed by atoms with E-state index in [9.17, 15) is 0 Å². The van der Waals surface area contributed by atoms with E-state index in [4.69, 9.17) is 5.11 Å². The molecule has 0 amide bonds. The number of imidazole rings is 1. The van der Waals surface area contributed by atoms with E-state index >= 15 is 0 Å². The van der Waals surface area contributed by atoms with Crippen molar-refractivity contribution in [1.82, 2.24) is 19.3 Å². The highest BCUT2D eigenvalue weighted by Crippen LogP contribution is 2.17. The van der Waals surface area contributed by atoms with Crippen LogP contribution < -0.4 is 5.32 Å². The summed E-state index contributed by atoms with van der Waals surface area (Å²) in [7, 11) is 0. The van der Waals surface area contributed by atoms with Crippen molar-refractivity contribution >= 4 is 5.69 Å². The Bertz CT molecular complexity index is 832. The van der Waals surface area contributed by atoms with Gasteiger partial charge in [-0.25, -0.2) is 4.98 Å². The van der Waals surface area contributed by atoms with Crippen LogP contribution in [0.25, 0.3) is 0 Å². The fourth-order valence-corrected chi connectivity index (χ4v) is 2.99. The highest BCUT2D eigenvalue weighted by molar-refractivity contribution is 5.46. The predicted octanol–water partition coefficient (Wildman–Crippen LogP) is 2.66. The first-order chi connectivity index (χ1) is 12.1. The summed E-state index contributed by atoms with van der Waals surface area (Å²) in [5.74, 6) is 1.02. The van der Waals surface area contributed by atoms with E-state index in [-0.39, 0.29) is 6.61 Å². The Balaban J connectivity index is 1.63. The Kier molecular flexibility index (Phi) is 5.19. The number of hydrogen-bond donors (Lipinski definition) is 2. The number of aliphatic hydroxyl groups excluding tert-OH is 1. The SMILES string of the molecule is Cc1nn(CCO)c(C)c1CNc1ccc(Cn2ccnc2C)cc1. The van der Waals surface area contributed by atoms with Crippen LogP contribution in [0.2, 0.25) is 0 Å². The molecule has 3 aromatic rings. The Labute approximate surface area is 148 Å². The van der Waals surface area contributed by atoms with Crippen molar-refractivity contribution in [1.29, 1.82) is 0 Å². The summed E-state index contributed by atoms with van der Waals surface area (Å²) in [6.45, 7) is 8.26. The van der Waals surface area contributed by atoms with Gasteiger partial charge in [0.15, 0.2) is 0 Å². The van der Waals surface area contributed by atoms with E-state index < -0.39 is 0 Å². The third kappa shape index (κ3) is 3.91. The number of aliphatic hydroxyl groups is 1. The molecule has 132 valence electrons. The van der Waals surface area contributed by atoms with Gasteiger partial charge in [-0.15, -0.1) is 0 Å². The van der Waals surface area contributed by atoms with Gasteiger partial charge in [0.1, 0.15) is 5.82 Å². The molecule has 0 aliphatic carbocycles. The fraction of sp³-hybridized carbons (Fsp3) is 0.368. The van der Waals surface area contributed by atoms with Gasteiger partial charge < -0.3 is 15.0 Å². The van der Waals surface area contributed by atoms with Crippen LogP contribution in [0.3, 0.4) is 0 Å². The summed E-state index contributed by atoms with van der Waals surface area (Å²) < 4.78 is 3.99. The quantitative estimate of drug-likeness (QED) is 0.694. The van der Waals surface area contributed by atoms with Gasteiger partial charge in [0.25, 0.3) is 0 Å². The highest BCUT2D eigenvalue weighted by Gasteiger charge is 2.10. The third-order valence-corrected chi connectivity index (χ3v) is 4.54. The maximum Gasteiger partial charge on any atom is 0.105 e. The van der Waals surface area contributed by atoms with Gasteiger partial charge in [-0.05, 0) is 38.5 Å². The first kappa shape index (κ1) is 17.2. The van der Waals surface area contributed by atoms with E-state index in [2.05, 4.69) is 44.2 Å². The van der Waals surface area contributed by atoms with Crippen molar-refractivity contribution in [3.8, 4) is 0 Å². The maximum absolute atomic E-state index is 9.11. The zero-order valence-corrected chi connectivity index (χ0v) is 15.0. The molecule has 1 aromatic carbocycles. The fourth-order valence-electron chi connectivity index (χ4n) is 2.99. The van der Waals surface area contributed by atoms with Crippen LogP contribution in [0.4, 0.5) is 5.69 Å². The summed E-state index contributed by atoms with van der Waals surface area (Å²) in [6, 6.07) is 8.47. The molecular formula is C19H25N5O. The van der Waals surface area contributed by atoms with E-state index in [1.54, 1.807) is 0 Å². The van der Waals surface area contributed by atoms with Crippen molar-refractivity contribution < 1.29 is 5.11 Å². The Morgan fingerprint density at radius 1 is 1.12 bits per heavy atom. The summed E-state index contributed by atoms with van der Waals surface area (Å²) in [6.07, 6.45) is 3.82. The molecule has 6 nitrogen and oxygen atoms in total. The summed E-state index contributed by atoms with van der Waals surface area (Å²) in [5.41, 5.74) is 5.62. The van der Waals surface area contributed by atoms with Crippen LogP contribution in [-0.4, -0.2) is 31.0 Å². The third-order valence-electron chi connectivity index (χ3n) is 4.54. The second-order valence-electron chi connectivity index (χ2n) is 6.25. The Morgan fingerprint density at radius 2 is 1.88 bits per heavy atom. The zero-order valence-electron chi connectivity index (χ0n) is 15.0. The molecule has 25 heavy (non-hydrogen) atoms. The molecule has 0 aliphatic rings. The normalized spacial score (nSPS) is 11.0. The Morgan fingerprint density at radius 3 is 2.52 bits per heavy atom. The second-order valence-corrected chi connectivity index (χ2v) is 6.25. The van der Waals surface area contributed by atoms with Crippen molar-refractivity contribution in [2.75, 3.05) is 11.9 Å². The molecule has 0 radical (unpaired) electrons. The molecule has 2 aromatic heterocycles. The average Bonchev–Trinajstić information content (AvgIpc) is 3.11. The molecule has 0 spiro atoms. The Hall–Kier alpha value is -2.60. The van der Waals surface area contributed by atoms with Gasteiger partial charge in [0, 0.05) is 42.4 Å². The van der Waals surface area contributed by atoms with Gasteiger partial charge in [-0.1, -0.05) is 12.1 Å². The van der Waals surface area contributed by atoms with Crippen molar-refractivity contribution in [3.05, 3.63) is 65.0 Å². The number of aromatic nitrogens is 4. The molecule has 3 rings (SSSR count). The molecule has 6 heteroatoms. The topological polar surface area (TPSA) is 67.9 Å². The van der Waals surface area contributed by atoms with Gasteiger partial charge >= 0.3 is 0 Å². The lowest BCUT2D eigenvalue weighted by Gasteiger charge is -2.09. The first-order valence-electron chi connectivity index (χ1n) is 8.52. The van der Waals surface area contributed by atoms with Crippen LogP contribution in [0.5, 0.6) is 0 Å². The summed E-state index contributed by atoms with van der Waals surface area (Å²) >= 11 is 0. The monoisotopic (exact) mass is 339 g/mol. The molecule has 2 N–H and O–H groups in total. The van der Waals surface area contributed by atoms with E-state index in [1.165, 1.54) is 11.1 Å². The van der Waals surface area contributed by atoms with Crippen LogP contribution in [0.1, 0.15) is 28.3 Å². The number of nitrogens with one attached hydrogen (secondary N) is 1. The first-order valence-corrected chi connectivity index (χ1v) is 8.52. The number of benzene rings is 1. The molecular weight excluding hydrogens is 314 g/mol. The molecule has 0 unspecified atom stereocenters. The van der Waals surface area contributed by atoms with E-state index in [0.717, 1.165) is 36.0 Å². The van der Waals surface area contributed by atoms with E-state index in [0.29, 0.717) is 6.54 Å². The smallest absolute Gasteiger partial charge is 0.105 e. The molecule has 0 atom stereocenters. The maximum atomic E-state index is 9.11. The minimum absolute atomic E-state index is 0.104. The largest absolute Gasteiger partial charge is 0.394 e. The lowest BCUT2D eigenvalue weighted by Crippen LogP contribution is -2.07. The summed E-state index contributed by atoms with van der Waals surface area (Å²) in [5, 5.41) is 17.0. The lowest BCUT2D eigenvalue weighted by atomic mass is 10.1. The molecule has 0 aliphatic heterocycles. The second kappa shape index (κ2) is 7.53. The number of nitrogens with zero attached hydrogens (tertiary/aromatic N) is 4. The van der Waals surface area contributed by atoms with Gasteiger partial charge in [0.2, 0.25) is 0 Å². The molecule has 0 saturated heterocycles. The number of anilines is 1. The van der Waals surface area contributed by atoms with Crippen LogP contribution in [0.15, 0.2) is 36.7 Å². The zero-order chi connectivity index (χ0) is 17.8. The van der Waals surface area contributed by atoms with Crippen molar-refractivity contribution in [3.63, 3.8) is 0 Å². The standard InChI is InChI=1S/C19H25N5O/c1-14-19(15(2)24(22-14)10-11-25)12-21-18-6-4-17(5-7-18)13-23-9-8-20-16(23)3/h4-9,21,25H,10-13H2,1-3H3. The molecule has 0 saturated carbocycles. The molecule has 2 heterocycles. The summed E-state index contributed by atoms with van der Waals surface area (Å²) in [4.78, 5) is 4.25. The number of rotatable bonds is 7.